The second-order valence-electron chi connectivity index (χ2n) is 2.92. The molecule has 14 heavy (non-hydrogen) atoms. The van der Waals surface area contributed by atoms with Crippen molar-refractivity contribution < 1.29 is 9.52 Å². The molecule has 0 unspecified atom stereocenters. The predicted molar refractivity (Wildman–Crippen MR) is 49.0 cm³/mol. The Balaban J connectivity index is 2.61. The van der Waals surface area contributed by atoms with E-state index in [2.05, 4.69) is 10.2 Å². The number of phenolic OH excluding ortho intramolecular Hbond substituents is 1. The van der Waals surface area contributed by atoms with Crippen LogP contribution in [0.3, 0.4) is 0 Å². The average molecular weight is 192 g/mol. The molecule has 2 aromatic rings. The van der Waals surface area contributed by atoms with Crippen molar-refractivity contribution in [3.8, 4) is 17.2 Å². The van der Waals surface area contributed by atoms with Gasteiger partial charge in [0.2, 0.25) is 5.89 Å². The molecule has 0 saturated carbocycles. The third kappa shape index (κ3) is 1.39. The Bertz CT molecular complexity index is 513. The first-order valence-corrected chi connectivity index (χ1v) is 4.02. The van der Waals surface area contributed by atoms with Crippen molar-refractivity contribution in [3.63, 3.8) is 0 Å². The van der Waals surface area contributed by atoms with Crippen molar-refractivity contribution in [2.24, 2.45) is 0 Å². The number of hydrogen-bond acceptors (Lipinski definition) is 4. The van der Waals surface area contributed by atoms with Crippen LogP contribution in [-0.2, 0) is 0 Å². The van der Waals surface area contributed by atoms with Gasteiger partial charge < -0.3 is 9.52 Å². The molecule has 1 heterocycles. The molecule has 0 saturated heterocycles. The molecule has 0 aliphatic rings. The highest BCUT2D eigenvalue weighted by Gasteiger charge is 2.08. The van der Waals surface area contributed by atoms with Gasteiger partial charge in [-0.1, -0.05) is 6.07 Å². The van der Waals surface area contributed by atoms with Gasteiger partial charge in [0, 0.05) is 5.56 Å². The summed E-state index contributed by atoms with van der Waals surface area (Å²) in [6.45, 7) is 1.84. The minimum atomic E-state index is -0.609. The summed E-state index contributed by atoms with van der Waals surface area (Å²) in [5.74, 6) is -0.317. The van der Waals surface area contributed by atoms with Crippen molar-refractivity contribution in [1.82, 2.24) is 10.2 Å². The Kier molecular flexibility index (Phi) is 1.85. The molecule has 0 radical (unpaired) electrons. The number of aryl methyl sites for hydroxylation is 1. The second-order valence-corrected chi connectivity index (χ2v) is 2.92. The van der Waals surface area contributed by atoms with Gasteiger partial charge in [0.05, 0.1) is 0 Å². The molecule has 1 aromatic heterocycles. The number of rotatable bonds is 1. The lowest BCUT2D eigenvalue weighted by Crippen LogP contribution is -1.93. The van der Waals surface area contributed by atoms with E-state index < -0.39 is 5.76 Å². The molecule has 2 rings (SSSR count). The van der Waals surface area contributed by atoms with Crippen LogP contribution in [-0.4, -0.2) is 15.3 Å². The summed E-state index contributed by atoms with van der Waals surface area (Å²) in [4.78, 5) is 10.7. The standard InChI is InChI=1S/C9H8N2O3/c1-5-2-3-6(12)4-7(5)8-10-11-9(13)14-8/h2-4,12H,1H3,(H,11,13). The normalized spacial score (nSPS) is 10.4. The van der Waals surface area contributed by atoms with Crippen LogP contribution in [0.25, 0.3) is 11.5 Å². The smallest absolute Gasteiger partial charge is 0.434 e. The van der Waals surface area contributed by atoms with Crippen molar-refractivity contribution >= 4 is 0 Å². The van der Waals surface area contributed by atoms with Gasteiger partial charge in [0.25, 0.3) is 0 Å². The summed E-state index contributed by atoms with van der Waals surface area (Å²) in [5.41, 5.74) is 1.47. The third-order valence-corrected chi connectivity index (χ3v) is 1.89. The molecule has 5 heteroatoms. The van der Waals surface area contributed by atoms with Gasteiger partial charge in [0.1, 0.15) is 5.75 Å². The highest BCUT2D eigenvalue weighted by atomic mass is 16.4. The van der Waals surface area contributed by atoms with Gasteiger partial charge in [-0.3, -0.25) is 0 Å². The fourth-order valence-electron chi connectivity index (χ4n) is 1.19. The summed E-state index contributed by atoms with van der Waals surface area (Å²) in [7, 11) is 0. The maximum atomic E-state index is 10.7. The van der Waals surface area contributed by atoms with Crippen LogP contribution >= 0.6 is 0 Å². The van der Waals surface area contributed by atoms with Gasteiger partial charge in [-0.15, -0.1) is 5.10 Å². The van der Waals surface area contributed by atoms with Crippen LogP contribution in [0.2, 0.25) is 0 Å². The molecular formula is C9H8N2O3. The summed E-state index contributed by atoms with van der Waals surface area (Å²) in [6.07, 6.45) is 0. The molecule has 5 nitrogen and oxygen atoms in total. The van der Waals surface area contributed by atoms with Crippen LogP contribution in [0.1, 0.15) is 5.56 Å². The van der Waals surface area contributed by atoms with Crippen molar-refractivity contribution in [2.45, 2.75) is 6.92 Å². The largest absolute Gasteiger partial charge is 0.508 e. The molecule has 72 valence electrons. The molecule has 0 fully saturated rings. The van der Waals surface area contributed by atoms with E-state index in [9.17, 15) is 9.90 Å². The summed E-state index contributed by atoms with van der Waals surface area (Å²) < 4.78 is 4.77. The van der Waals surface area contributed by atoms with Gasteiger partial charge in [-0.2, -0.15) is 0 Å². The highest BCUT2D eigenvalue weighted by Crippen LogP contribution is 2.24. The first-order chi connectivity index (χ1) is 6.66. The number of benzene rings is 1. The number of aromatic hydroxyl groups is 1. The molecule has 2 N–H and O–H groups in total. The monoisotopic (exact) mass is 192 g/mol. The third-order valence-electron chi connectivity index (χ3n) is 1.89. The van der Waals surface area contributed by atoms with Crippen LogP contribution in [0, 0.1) is 6.92 Å². The van der Waals surface area contributed by atoms with Crippen LogP contribution in [0.15, 0.2) is 27.4 Å². The van der Waals surface area contributed by atoms with Gasteiger partial charge in [-0.05, 0) is 24.6 Å². The first-order valence-electron chi connectivity index (χ1n) is 4.02. The maximum Gasteiger partial charge on any atom is 0.434 e. The van der Waals surface area contributed by atoms with E-state index in [1.165, 1.54) is 6.07 Å². The van der Waals surface area contributed by atoms with E-state index in [4.69, 9.17) is 4.42 Å². The fraction of sp³-hybridized carbons (Fsp3) is 0.111. The molecule has 0 bridgehead atoms. The molecule has 0 aliphatic carbocycles. The number of aromatic amines is 1. The molecule has 0 spiro atoms. The SMILES string of the molecule is Cc1ccc(O)cc1-c1n[nH]c(=O)o1. The van der Waals surface area contributed by atoms with Crippen LogP contribution in [0.4, 0.5) is 0 Å². The Hall–Kier alpha value is -2.04. The lowest BCUT2D eigenvalue weighted by atomic mass is 10.1. The number of phenols is 1. The number of nitrogens with one attached hydrogen (secondary N) is 1. The summed E-state index contributed by atoms with van der Waals surface area (Å²) in [5, 5.41) is 15.1. The van der Waals surface area contributed by atoms with E-state index in [1.54, 1.807) is 12.1 Å². The van der Waals surface area contributed by atoms with E-state index >= 15 is 0 Å². The Morgan fingerprint density at radius 1 is 1.50 bits per heavy atom. The van der Waals surface area contributed by atoms with Crippen molar-refractivity contribution in [3.05, 3.63) is 34.3 Å². The molecular weight excluding hydrogens is 184 g/mol. The van der Waals surface area contributed by atoms with E-state index in [-0.39, 0.29) is 11.6 Å². The minimum absolute atomic E-state index is 0.108. The Morgan fingerprint density at radius 2 is 2.29 bits per heavy atom. The first kappa shape index (κ1) is 8.55. The number of hydrogen-bond donors (Lipinski definition) is 2. The molecule has 0 amide bonds. The van der Waals surface area contributed by atoms with E-state index in [0.29, 0.717) is 5.56 Å². The maximum absolute atomic E-state index is 10.7. The fourth-order valence-corrected chi connectivity index (χ4v) is 1.19. The summed E-state index contributed by atoms with van der Waals surface area (Å²) >= 11 is 0. The number of nitrogens with zero attached hydrogens (tertiary/aromatic N) is 1. The Labute approximate surface area is 79.0 Å². The van der Waals surface area contributed by atoms with Crippen molar-refractivity contribution in [2.75, 3.05) is 0 Å². The topological polar surface area (TPSA) is 79.1 Å². The highest BCUT2D eigenvalue weighted by molar-refractivity contribution is 5.60. The average Bonchev–Trinajstić information content (AvgIpc) is 2.56. The Morgan fingerprint density at radius 3 is 2.93 bits per heavy atom. The quantitative estimate of drug-likeness (QED) is 0.707. The van der Waals surface area contributed by atoms with Crippen LogP contribution < -0.4 is 5.76 Å². The van der Waals surface area contributed by atoms with Gasteiger partial charge in [0.15, 0.2) is 0 Å². The van der Waals surface area contributed by atoms with E-state index in [1.807, 2.05) is 6.92 Å². The second kappa shape index (κ2) is 3.02. The molecule has 0 atom stereocenters. The zero-order chi connectivity index (χ0) is 10.1. The zero-order valence-corrected chi connectivity index (χ0v) is 7.44. The number of aromatic nitrogens is 2. The lowest BCUT2D eigenvalue weighted by molar-refractivity contribution is 0.474. The predicted octanol–water partition coefficient (Wildman–Crippen LogP) is 1.04. The van der Waals surface area contributed by atoms with Crippen LogP contribution in [0.5, 0.6) is 5.75 Å². The van der Waals surface area contributed by atoms with Crippen molar-refractivity contribution in [1.29, 1.82) is 0 Å². The minimum Gasteiger partial charge on any atom is -0.508 e. The zero-order valence-electron chi connectivity index (χ0n) is 7.44. The molecule has 1 aromatic carbocycles. The summed E-state index contributed by atoms with van der Waals surface area (Å²) in [6, 6.07) is 4.78. The number of H-pyrrole nitrogens is 1. The lowest BCUT2D eigenvalue weighted by Gasteiger charge is -2.00. The van der Waals surface area contributed by atoms with Gasteiger partial charge in [-0.25, -0.2) is 9.89 Å². The van der Waals surface area contributed by atoms with E-state index in [0.717, 1.165) is 5.56 Å². The molecule has 0 aliphatic heterocycles. The van der Waals surface area contributed by atoms with Gasteiger partial charge >= 0.3 is 5.76 Å².